The van der Waals surface area contributed by atoms with Gasteiger partial charge in [0.1, 0.15) is 11.8 Å². The number of carbonyl (C=O) groups is 2. The van der Waals surface area contributed by atoms with Crippen LogP contribution in [0.3, 0.4) is 0 Å². The average Bonchev–Trinajstić information content (AvgIpc) is 2.76. The smallest absolute Gasteiger partial charge is 0.261 e. The lowest BCUT2D eigenvalue weighted by molar-refractivity contribution is -0.142. The fourth-order valence-electron chi connectivity index (χ4n) is 3.33. The highest BCUT2D eigenvalue weighted by Gasteiger charge is 2.27. The number of nitrogens with zero attached hydrogens (tertiary/aromatic N) is 1. The molecule has 2 rings (SSSR count). The topological polar surface area (TPSA) is 58.6 Å². The van der Waals surface area contributed by atoms with Crippen LogP contribution in [-0.2, 0) is 21.5 Å². The molecule has 0 heterocycles. The summed E-state index contributed by atoms with van der Waals surface area (Å²) >= 11 is 3.56. The quantitative estimate of drug-likeness (QED) is 0.460. The second-order valence-electron chi connectivity index (χ2n) is 9.63. The summed E-state index contributed by atoms with van der Waals surface area (Å²) in [4.78, 5) is 27.7. The first-order valence-corrected chi connectivity index (χ1v) is 12.3. The van der Waals surface area contributed by atoms with Gasteiger partial charge in [0, 0.05) is 12.6 Å². The molecule has 0 aliphatic carbocycles. The summed E-state index contributed by atoms with van der Waals surface area (Å²) in [5.41, 5.74) is 3.26. The van der Waals surface area contributed by atoms with Crippen LogP contribution in [0.25, 0.3) is 0 Å². The summed E-state index contributed by atoms with van der Waals surface area (Å²) in [5, 5.41) is 2.99. The molecule has 180 valence electrons. The van der Waals surface area contributed by atoms with Crippen LogP contribution in [0.2, 0.25) is 0 Å². The van der Waals surface area contributed by atoms with Crippen molar-refractivity contribution in [3.05, 3.63) is 63.6 Å². The minimum atomic E-state index is -0.624. The van der Waals surface area contributed by atoms with Gasteiger partial charge in [0.15, 0.2) is 6.61 Å². The molecule has 0 radical (unpaired) electrons. The number of nitrogens with one attached hydrogen (secondary N) is 1. The van der Waals surface area contributed by atoms with E-state index in [0.29, 0.717) is 12.3 Å². The molecular formula is C27H37BrN2O3. The van der Waals surface area contributed by atoms with Crippen LogP contribution in [0.15, 0.2) is 46.9 Å². The lowest BCUT2D eigenvalue weighted by Crippen LogP contribution is -2.50. The van der Waals surface area contributed by atoms with Gasteiger partial charge in [-0.25, -0.2) is 0 Å². The van der Waals surface area contributed by atoms with Crippen LogP contribution < -0.4 is 10.1 Å². The predicted molar refractivity (Wildman–Crippen MR) is 137 cm³/mol. The molecule has 0 aromatic heterocycles. The first kappa shape index (κ1) is 26.9. The zero-order valence-corrected chi connectivity index (χ0v) is 22.5. The number of amides is 2. The largest absolute Gasteiger partial charge is 0.483 e. The van der Waals surface area contributed by atoms with Gasteiger partial charge in [-0.15, -0.1) is 0 Å². The number of hydrogen-bond donors (Lipinski definition) is 1. The van der Waals surface area contributed by atoms with E-state index in [1.165, 1.54) is 5.56 Å². The van der Waals surface area contributed by atoms with Crippen molar-refractivity contribution in [2.75, 3.05) is 6.61 Å². The summed E-state index contributed by atoms with van der Waals surface area (Å²) in [6.07, 6.45) is 0.825. The Morgan fingerprint density at radius 3 is 2.36 bits per heavy atom. The molecule has 1 N–H and O–H groups in total. The Kier molecular flexibility index (Phi) is 9.53. The molecule has 2 aromatic rings. The highest BCUT2D eigenvalue weighted by molar-refractivity contribution is 9.10. The third-order valence-electron chi connectivity index (χ3n) is 5.92. The van der Waals surface area contributed by atoms with Crippen molar-refractivity contribution < 1.29 is 14.3 Å². The van der Waals surface area contributed by atoms with Gasteiger partial charge < -0.3 is 15.0 Å². The lowest BCUT2D eigenvalue weighted by Gasteiger charge is -2.30. The van der Waals surface area contributed by atoms with Crippen LogP contribution in [0.4, 0.5) is 0 Å². The average molecular weight is 518 g/mol. The summed E-state index contributed by atoms with van der Waals surface area (Å²) in [7, 11) is 0. The Bertz CT molecular complexity index is 968. The molecule has 0 bridgehead atoms. The molecule has 0 saturated carbocycles. The summed E-state index contributed by atoms with van der Waals surface area (Å²) in [6.45, 7) is 14.4. The Morgan fingerprint density at radius 2 is 1.79 bits per heavy atom. The number of halogens is 1. The van der Waals surface area contributed by atoms with E-state index in [1.807, 2.05) is 63.2 Å². The first-order chi connectivity index (χ1) is 15.4. The van der Waals surface area contributed by atoms with Crippen molar-refractivity contribution in [2.45, 2.75) is 78.9 Å². The number of rotatable bonds is 9. The molecule has 0 fully saturated rings. The van der Waals surface area contributed by atoms with Crippen LogP contribution in [0.5, 0.6) is 5.75 Å². The first-order valence-electron chi connectivity index (χ1n) is 11.5. The van der Waals surface area contributed by atoms with E-state index >= 15 is 0 Å². The maximum absolute atomic E-state index is 13.3. The van der Waals surface area contributed by atoms with Gasteiger partial charge >= 0.3 is 0 Å². The van der Waals surface area contributed by atoms with Crippen molar-refractivity contribution in [3.63, 3.8) is 0 Å². The van der Waals surface area contributed by atoms with Crippen molar-refractivity contribution in [1.82, 2.24) is 10.2 Å². The van der Waals surface area contributed by atoms with E-state index in [1.54, 1.807) is 11.8 Å². The van der Waals surface area contributed by atoms with E-state index < -0.39 is 6.04 Å². The monoisotopic (exact) mass is 516 g/mol. The summed E-state index contributed by atoms with van der Waals surface area (Å²) < 4.78 is 6.68. The summed E-state index contributed by atoms with van der Waals surface area (Å²) in [6, 6.07) is 13.2. The molecule has 2 atom stereocenters. The fourth-order valence-corrected chi connectivity index (χ4v) is 3.82. The van der Waals surface area contributed by atoms with E-state index in [0.717, 1.165) is 22.0 Å². The molecule has 0 spiro atoms. The lowest BCUT2D eigenvalue weighted by atomic mass is 9.87. The second kappa shape index (κ2) is 11.7. The Balaban J connectivity index is 2.20. The third kappa shape index (κ3) is 7.60. The normalized spacial score (nSPS) is 13.2. The standard InChI is InChI=1S/C27H37BrN2O3/c1-8-19(3)29-26(32)20(4)30(16-21-12-10-9-11-18(21)2)25(31)17-33-24-14-13-22(15-23(24)28)27(5,6)7/h9-15,19-20H,8,16-17H2,1-7H3,(H,29,32)/t19-,20-/m1/s1. The van der Waals surface area contributed by atoms with Gasteiger partial charge in [0.25, 0.3) is 5.91 Å². The molecule has 2 aromatic carbocycles. The van der Waals surface area contributed by atoms with Gasteiger partial charge in [-0.3, -0.25) is 9.59 Å². The van der Waals surface area contributed by atoms with E-state index in [2.05, 4.69) is 42.0 Å². The molecule has 33 heavy (non-hydrogen) atoms. The Morgan fingerprint density at radius 1 is 1.12 bits per heavy atom. The number of benzene rings is 2. The van der Waals surface area contributed by atoms with Crippen molar-refractivity contribution in [2.24, 2.45) is 0 Å². The highest BCUT2D eigenvalue weighted by atomic mass is 79.9. The third-order valence-corrected chi connectivity index (χ3v) is 6.54. The van der Waals surface area contributed by atoms with Gasteiger partial charge in [0.2, 0.25) is 5.91 Å². The number of ether oxygens (including phenoxy) is 1. The minimum absolute atomic E-state index is 0.0135. The maximum atomic E-state index is 13.3. The van der Waals surface area contributed by atoms with Crippen LogP contribution >= 0.6 is 15.9 Å². The van der Waals surface area contributed by atoms with Crippen LogP contribution in [0.1, 0.15) is 64.7 Å². The summed E-state index contributed by atoms with van der Waals surface area (Å²) in [5.74, 6) is 0.197. The molecule has 0 aliphatic rings. The molecule has 2 amide bonds. The highest BCUT2D eigenvalue weighted by Crippen LogP contribution is 2.31. The maximum Gasteiger partial charge on any atom is 0.261 e. The Hall–Kier alpha value is -2.34. The minimum Gasteiger partial charge on any atom is -0.483 e. The van der Waals surface area contributed by atoms with E-state index in [9.17, 15) is 9.59 Å². The van der Waals surface area contributed by atoms with Gasteiger partial charge in [-0.05, 0) is 77.4 Å². The molecule has 0 aliphatic heterocycles. The zero-order chi connectivity index (χ0) is 24.8. The second-order valence-corrected chi connectivity index (χ2v) is 10.5. The molecule has 6 heteroatoms. The molecule has 0 unspecified atom stereocenters. The molecule has 5 nitrogen and oxygen atoms in total. The predicted octanol–water partition coefficient (Wildman–Crippen LogP) is 5.77. The van der Waals surface area contributed by atoms with Gasteiger partial charge in [0.05, 0.1) is 4.47 Å². The number of carbonyl (C=O) groups excluding carboxylic acids is 2. The molecular weight excluding hydrogens is 480 g/mol. The van der Waals surface area contributed by atoms with Gasteiger partial charge in [-0.1, -0.05) is 58.0 Å². The number of hydrogen-bond acceptors (Lipinski definition) is 3. The van der Waals surface area contributed by atoms with Crippen LogP contribution in [0, 0.1) is 6.92 Å². The van der Waals surface area contributed by atoms with Gasteiger partial charge in [-0.2, -0.15) is 0 Å². The van der Waals surface area contributed by atoms with E-state index in [-0.39, 0.29) is 29.9 Å². The Labute approximate surface area is 207 Å². The fraction of sp³-hybridized carbons (Fsp3) is 0.481. The molecule has 0 saturated heterocycles. The van der Waals surface area contributed by atoms with E-state index in [4.69, 9.17) is 4.74 Å². The van der Waals surface area contributed by atoms with Crippen LogP contribution in [-0.4, -0.2) is 35.4 Å². The number of aryl methyl sites for hydroxylation is 1. The zero-order valence-electron chi connectivity index (χ0n) is 20.9. The van der Waals surface area contributed by atoms with Crippen molar-refractivity contribution >= 4 is 27.7 Å². The van der Waals surface area contributed by atoms with Crippen molar-refractivity contribution in [3.8, 4) is 5.75 Å². The SMILES string of the molecule is CC[C@@H](C)NC(=O)[C@@H](C)N(Cc1ccccc1C)C(=O)COc1ccc(C(C)(C)C)cc1Br. The van der Waals surface area contributed by atoms with Crippen molar-refractivity contribution in [1.29, 1.82) is 0 Å².